The van der Waals surface area contributed by atoms with Crippen LogP contribution in [0.1, 0.15) is 34.6 Å². The van der Waals surface area contributed by atoms with Gasteiger partial charge in [0.1, 0.15) is 12.4 Å². The summed E-state index contributed by atoms with van der Waals surface area (Å²) in [6, 6.07) is 14.5. The summed E-state index contributed by atoms with van der Waals surface area (Å²) in [6.45, 7) is 4.25. The van der Waals surface area contributed by atoms with Crippen molar-refractivity contribution in [3.8, 4) is 11.8 Å². The molecule has 0 bridgehead atoms. The van der Waals surface area contributed by atoms with E-state index < -0.39 is 0 Å². The largest absolute Gasteiger partial charge is 0.340 e. The van der Waals surface area contributed by atoms with Crippen LogP contribution in [0.2, 0.25) is 0 Å². The normalized spacial score (nSPS) is 18.2. The number of carbonyl (C=O) groups is 1. The van der Waals surface area contributed by atoms with Gasteiger partial charge in [0.2, 0.25) is 5.91 Å². The first-order valence-electron chi connectivity index (χ1n) is 11.2. The minimum absolute atomic E-state index is 0.0503. The average Bonchev–Trinajstić information content (AvgIpc) is 3.53. The van der Waals surface area contributed by atoms with E-state index in [0.29, 0.717) is 0 Å². The topological polar surface area (TPSA) is 90.9 Å². The lowest BCUT2D eigenvalue weighted by molar-refractivity contribution is -0.134. The molecule has 0 saturated carbocycles. The van der Waals surface area contributed by atoms with Crippen LogP contribution in [0.3, 0.4) is 0 Å². The third-order valence-corrected chi connectivity index (χ3v) is 7.61. The third-order valence-electron chi connectivity index (χ3n) is 6.67. The molecule has 2 aliphatic rings. The first kappa shape index (κ1) is 22.0. The van der Waals surface area contributed by atoms with E-state index in [-0.39, 0.29) is 11.8 Å². The van der Waals surface area contributed by atoms with Gasteiger partial charge in [0.05, 0.1) is 17.2 Å². The maximum atomic E-state index is 13.3. The molecule has 0 radical (unpaired) electrons. The number of rotatable bonds is 5. The Kier molecular flexibility index (Phi) is 6.37. The van der Waals surface area contributed by atoms with E-state index in [2.05, 4.69) is 67.3 Å². The van der Waals surface area contributed by atoms with Crippen LogP contribution in [0.4, 0.5) is 0 Å². The second-order valence-corrected chi connectivity index (χ2v) is 9.73. The molecule has 1 aliphatic heterocycles. The van der Waals surface area contributed by atoms with Crippen molar-refractivity contribution in [2.75, 3.05) is 32.7 Å². The number of amides is 1. The molecule has 2 aromatic carbocycles. The van der Waals surface area contributed by atoms with Crippen LogP contribution in [0.5, 0.6) is 0 Å². The van der Waals surface area contributed by atoms with Crippen LogP contribution in [0.25, 0.3) is 5.69 Å². The molecule has 8 nitrogen and oxygen atoms in total. The highest BCUT2D eigenvalue weighted by atomic mass is 127. The summed E-state index contributed by atoms with van der Waals surface area (Å²) < 4.78 is 2.64. The fourth-order valence-corrected chi connectivity index (χ4v) is 5.25. The van der Waals surface area contributed by atoms with Gasteiger partial charge < -0.3 is 4.90 Å². The Labute approximate surface area is 206 Å². The van der Waals surface area contributed by atoms with Gasteiger partial charge in [0, 0.05) is 36.3 Å². The fraction of sp³-hybridized carbons (Fsp3) is 0.375. The lowest BCUT2D eigenvalue weighted by Crippen LogP contribution is -2.50. The molecule has 2 heterocycles. The van der Waals surface area contributed by atoms with Gasteiger partial charge in [-0.15, -0.1) is 5.10 Å². The van der Waals surface area contributed by atoms with Gasteiger partial charge >= 0.3 is 0 Å². The molecule has 5 rings (SSSR count). The van der Waals surface area contributed by atoms with Gasteiger partial charge in [-0.25, -0.2) is 4.68 Å². The van der Waals surface area contributed by atoms with E-state index in [9.17, 15) is 10.1 Å². The third kappa shape index (κ3) is 4.63. The van der Waals surface area contributed by atoms with Crippen molar-refractivity contribution in [2.45, 2.75) is 25.2 Å². The molecule has 33 heavy (non-hydrogen) atoms. The quantitative estimate of drug-likeness (QED) is 0.452. The first-order chi connectivity index (χ1) is 16.1. The number of fused-ring (bicyclic) bond motifs is 1. The van der Waals surface area contributed by atoms with Gasteiger partial charge in [-0.05, 0) is 93.2 Å². The van der Waals surface area contributed by atoms with E-state index in [1.165, 1.54) is 11.1 Å². The van der Waals surface area contributed by atoms with Crippen molar-refractivity contribution in [2.24, 2.45) is 0 Å². The summed E-state index contributed by atoms with van der Waals surface area (Å²) >= 11 is 2.20. The fourth-order valence-electron chi connectivity index (χ4n) is 4.80. The minimum Gasteiger partial charge on any atom is -0.340 e. The van der Waals surface area contributed by atoms with E-state index >= 15 is 0 Å². The van der Waals surface area contributed by atoms with Crippen LogP contribution in [0, 0.1) is 14.9 Å². The number of carbonyl (C=O) groups excluding carboxylic acids is 1. The maximum absolute atomic E-state index is 13.3. The molecule has 1 amide bonds. The average molecular weight is 553 g/mol. The van der Waals surface area contributed by atoms with Gasteiger partial charge in [-0.3, -0.25) is 9.69 Å². The molecule has 0 N–H and O–H groups in total. The maximum Gasteiger partial charge on any atom is 0.230 e. The predicted molar refractivity (Wildman–Crippen MR) is 131 cm³/mol. The zero-order valence-electron chi connectivity index (χ0n) is 18.2. The SMILES string of the molecule is N#Cc1cc(CCN2CCN(C(=O)C3CCc4cc(-n5cnnn5)ccc43)CC2)ccc1I. The Morgan fingerprint density at radius 1 is 1.15 bits per heavy atom. The molecule has 9 heteroatoms. The molecule has 0 spiro atoms. The van der Waals surface area contributed by atoms with Crippen molar-refractivity contribution < 1.29 is 4.79 Å². The smallest absolute Gasteiger partial charge is 0.230 e. The van der Waals surface area contributed by atoms with Crippen molar-refractivity contribution in [3.05, 3.63) is 68.5 Å². The van der Waals surface area contributed by atoms with Crippen molar-refractivity contribution >= 4 is 28.5 Å². The zero-order chi connectivity index (χ0) is 22.8. The number of halogens is 1. The van der Waals surface area contributed by atoms with Gasteiger partial charge in [-0.2, -0.15) is 5.26 Å². The number of aromatic nitrogens is 4. The number of piperazine rings is 1. The number of nitrogens with zero attached hydrogens (tertiary/aromatic N) is 7. The molecule has 1 saturated heterocycles. The van der Waals surface area contributed by atoms with E-state index in [0.717, 1.165) is 72.4 Å². The van der Waals surface area contributed by atoms with Crippen LogP contribution >= 0.6 is 22.6 Å². The highest BCUT2D eigenvalue weighted by molar-refractivity contribution is 14.1. The second-order valence-electron chi connectivity index (χ2n) is 8.57. The molecule has 1 aromatic heterocycles. The van der Waals surface area contributed by atoms with Gasteiger partial charge in [-0.1, -0.05) is 12.1 Å². The summed E-state index contributed by atoms with van der Waals surface area (Å²) in [5.41, 5.74) is 5.22. The van der Waals surface area contributed by atoms with Crippen molar-refractivity contribution in [1.29, 1.82) is 5.26 Å². The Morgan fingerprint density at radius 2 is 2.00 bits per heavy atom. The summed E-state index contributed by atoms with van der Waals surface area (Å²) in [7, 11) is 0. The Balaban J connectivity index is 1.16. The standard InChI is InChI=1S/C24H24IN7O/c25-23-6-1-17(13-19(23)15-26)7-8-30-9-11-31(12-10-30)24(33)22-4-2-18-14-20(3-5-21(18)22)32-16-27-28-29-32/h1,3,5-6,13-14,16,22H,2,4,7-12H2. The number of hydrogen-bond donors (Lipinski definition) is 0. The number of benzene rings is 2. The van der Waals surface area contributed by atoms with Gasteiger partial charge in [0.25, 0.3) is 0 Å². The van der Waals surface area contributed by atoms with Crippen LogP contribution in [0.15, 0.2) is 42.7 Å². The summed E-state index contributed by atoms with van der Waals surface area (Å²) in [4.78, 5) is 17.7. The summed E-state index contributed by atoms with van der Waals surface area (Å²) in [5.74, 6) is 0.200. The van der Waals surface area contributed by atoms with Crippen LogP contribution < -0.4 is 0 Å². The van der Waals surface area contributed by atoms with Crippen LogP contribution in [-0.4, -0.2) is 68.6 Å². The summed E-state index contributed by atoms with van der Waals surface area (Å²) in [6.07, 6.45) is 4.27. The van der Waals surface area contributed by atoms with Crippen LogP contribution in [-0.2, 0) is 17.6 Å². The van der Waals surface area contributed by atoms with Crippen molar-refractivity contribution in [3.63, 3.8) is 0 Å². The number of hydrogen-bond acceptors (Lipinski definition) is 6. The molecule has 1 unspecified atom stereocenters. The van der Waals surface area contributed by atoms with Gasteiger partial charge in [0.15, 0.2) is 0 Å². The summed E-state index contributed by atoms with van der Waals surface area (Å²) in [5, 5.41) is 20.6. The molecular weight excluding hydrogens is 529 g/mol. The zero-order valence-corrected chi connectivity index (χ0v) is 20.3. The lowest BCUT2D eigenvalue weighted by atomic mass is 9.99. The van der Waals surface area contributed by atoms with Crippen molar-refractivity contribution in [1.82, 2.24) is 30.0 Å². The Bertz CT molecular complexity index is 1200. The van der Waals surface area contributed by atoms with E-state index in [1.807, 2.05) is 23.1 Å². The highest BCUT2D eigenvalue weighted by Gasteiger charge is 2.33. The molecule has 1 atom stereocenters. The lowest BCUT2D eigenvalue weighted by Gasteiger charge is -2.36. The number of aryl methyl sites for hydroxylation is 1. The Morgan fingerprint density at radius 3 is 2.76 bits per heavy atom. The molecule has 168 valence electrons. The second kappa shape index (κ2) is 9.57. The number of nitriles is 1. The number of tetrazole rings is 1. The first-order valence-corrected chi connectivity index (χ1v) is 12.3. The molecule has 1 aliphatic carbocycles. The van der Waals surface area contributed by atoms with E-state index in [4.69, 9.17) is 0 Å². The molecular formula is C24H24IN7O. The Hall–Kier alpha value is -2.84. The predicted octanol–water partition coefficient (Wildman–Crippen LogP) is 2.56. The monoisotopic (exact) mass is 553 g/mol. The molecule has 1 fully saturated rings. The minimum atomic E-state index is -0.0503. The molecule has 3 aromatic rings. The van der Waals surface area contributed by atoms with E-state index in [1.54, 1.807) is 11.0 Å². The highest BCUT2D eigenvalue weighted by Crippen LogP contribution is 2.35.